The van der Waals surface area contributed by atoms with Crippen LogP contribution in [0.4, 0.5) is 8.78 Å². The summed E-state index contributed by atoms with van der Waals surface area (Å²) >= 11 is 0. The maximum Gasteiger partial charge on any atom is 0.272 e. The Bertz CT molecular complexity index is 1410. The van der Waals surface area contributed by atoms with E-state index in [0.717, 1.165) is 44.3 Å². The fourth-order valence-corrected chi connectivity index (χ4v) is 5.82. The summed E-state index contributed by atoms with van der Waals surface area (Å²) in [5.74, 6) is -1.48. The third kappa shape index (κ3) is 7.07. The highest BCUT2D eigenvalue weighted by molar-refractivity contribution is 5.99. The van der Waals surface area contributed by atoms with Crippen LogP contribution in [0.2, 0.25) is 0 Å². The van der Waals surface area contributed by atoms with Crippen LogP contribution in [-0.2, 0) is 6.54 Å². The molecule has 0 unspecified atom stereocenters. The Labute approximate surface area is 244 Å². The predicted molar refractivity (Wildman–Crippen MR) is 153 cm³/mol. The van der Waals surface area contributed by atoms with Crippen LogP contribution in [0.15, 0.2) is 60.8 Å². The molecule has 2 aliphatic heterocycles. The molecule has 7 nitrogen and oxygen atoms in total. The lowest BCUT2D eigenvalue weighted by atomic mass is 9.88. The van der Waals surface area contributed by atoms with Gasteiger partial charge in [-0.05, 0) is 86.7 Å². The Morgan fingerprint density at radius 3 is 2.24 bits per heavy atom. The van der Waals surface area contributed by atoms with E-state index < -0.39 is 17.6 Å². The number of ketones is 2. The zero-order valence-electron chi connectivity index (χ0n) is 23.7. The van der Waals surface area contributed by atoms with Crippen LogP contribution in [0.25, 0.3) is 0 Å². The van der Waals surface area contributed by atoms with Crippen molar-refractivity contribution in [3.8, 4) is 5.75 Å². The third-order valence-corrected chi connectivity index (χ3v) is 8.40. The van der Waals surface area contributed by atoms with Gasteiger partial charge in [0.2, 0.25) is 0 Å². The second-order valence-electron chi connectivity index (χ2n) is 11.2. The minimum Gasteiger partial charge on any atom is -0.497 e. The molecule has 2 aromatic carbocycles. The van der Waals surface area contributed by atoms with E-state index in [1.54, 1.807) is 24.1 Å². The van der Waals surface area contributed by atoms with Gasteiger partial charge in [-0.1, -0.05) is 12.1 Å². The molecule has 0 atom stereocenters. The number of hydrogen-bond acceptors (Lipinski definition) is 6. The van der Waals surface area contributed by atoms with E-state index >= 15 is 0 Å². The fourth-order valence-electron chi connectivity index (χ4n) is 5.82. The summed E-state index contributed by atoms with van der Waals surface area (Å²) in [6.45, 7) is 3.42. The van der Waals surface area contributed by atoms with E-state index in [-0.39, 0.29) is 28.7 Å². The molecule has 2 saturated heterocycles. The number of benzene rings is 2. The Morgan fingerprint density at radius 2 is 1.62 bits per heavy atom. The van der Waals surface area contributed by atoms with E-state index in [1.807, 2.05) is 12.1 Å². The number of ether oxygens (including phenoxy) is 1. The largest absolute Gasteiger partial charge is 0.497 e. The first-order valence-electron chi connectivity index (χ1n) is 14.4. The Kier molecular flexibility index (Phi) is 9.37. The maximum absolute atomic E-state index is 14.0. The molecule has 0 radical (unpaired) electrons. The lowest BCUT2D eigenvalue weighted by molar-refractivity contribution is 0.0644. The van der Waals surface area contributed by atoms with Gasteiger partial charge >= 0.3 is 0 Å². The molecule has 42 heavy (non-hydrogen) atoms. The number of carbonyl (C=O) groups is 3. The van der Waals surface area contributed by atoms with Gasteiger partial charge in [0, 0.05) is 49.8 Å². The zero-order valence-corrected chi connectivity index (χ0v) is 23.7. The maximum atomic E-state index is 14.0. The molecule has 3 heterocycles. The summed E-state index contributed by atoms with van der Waals surface area (Å²) in [6, 6.07) is 14.3. The van der Waals surface area contributed by atoms with E-state index in [9.17, 15) is 23.2 Å². The van der Waals surface area contributed by atoms with E-state index in [2.05, 4.69) is 22.0 Å². The SMILES string of the molecule is COc1ccc(CN2CCC(CC(=O)c3ccc(C(=O)N4CCC(C(=O)c5ccc(F)cc5F)CC4)nc3)CC2)cc1. The lowest BCUT2D eigenvalue weighted by Crippen LogP contribution is -2.40. The Hall–Kier alpha value is -3.98. The van der Waals surface area contributed by atoms with Gasteiger partial charge in [-0.15, -0.1) is 0 Å². The normalized spacial score (nSPS) is 16.8. The number of rotatable bonds is 9. The second kappa shape index (κ2) is 13.3. The summed E-state index contributed by atoms with van der Waals surface area (Å²) in [5.41, 5.74) is 1.86. The van der Waals surface area contributed by atoms with Crippen LogP contribution in [0.3, 0.4) is 0 Å². The van der Waals surface area contributed by atoms with Crippen molar-refractivity contribution in [2.24, 2.45) is 11.8 Å². The van der Waals surface area contributed by atoms with Crippen molar-refractivity contribution < 1.29 is 27.9 Å². The number of pyridine rings is 1. The van der Waals surface area contributed by atoms with Crippen LogP contribution in [-0.4, -0.2) is 65.5 Å². The van der Waals surface area contributed by atoms with Gasteiger partial charge in [0.1, 0.15) is 23.1 Å². The number of methoxy groups -OCH3 is 1. The van der Waals surface area contributed by atoms with E-state index in [0.29, 0.717) is 49.9 Å². The molecule has 2 aliphatic rings. The number of carbonyl (C=O) groups excluding carboxylic acids is 3. The minimum absolute atomic E-state index is 0.0301. The molecule has 2 fully saturated rings. The molecular weight excluding hydrogens is 540 g/mol. The van der Waals surface area contributed by atoms with Crippen molar-refractivity contribution in [3.63, 3.8) is 0 Å². The average Bonchev–Trinajstić information content (AvgIpc) is 3.02. The van der Waals surface area contributed by atoms with Gasteiger partial charge in [0.25, 0.3) is 5.91 Å². The summed E-state index contributed by atoms with van der Waals surface area (Å²) in [6.07, 6.45) is 4.62. The number of likely N-dealkylation sites (tertiary alicyclic amines) is 2. The molecule has 0 bridgehead atoms. The molecule has 1 amide bonds. The Balaban J connectivity index is 1.07. The van der Waals surface area contributed by atoms with Gasteiger partial charge in [-0.3, -0.25) is 24.3 Å². The summed E-state index contributed by atoms with van der Waals surface area (Å²) < 4.78 is 32.5. The average molecular weight is 576 g/mol. The molecule has 0 spiro atoms. The Morgan fingerprint density at radius 1 is 0.905 bits per heavy atom. The van der Waals surface area contributed by atoms with Crippen molar-refractivity contribution in [1.29, 1.82) is 0 Å². The molecule has 3 aromatic rings. The topological polar surface area (TPSA) is 79.8 Å². The van der Waals surface area contributed by atoms with Crippen LogP contribution in [0.1, 0.15) is 68.9 Å². The number of Topliss-reactive ketones (excluding diaryl/α,β-unsaturated/α-hetero) is 2. The van der Waals surface area contributed by atoms with E-state index in [1.165, 1.54) is 17.8 Å². The first-order chi connectivity index (χ1) is 20.3. The number of amides is 1. The van der Waals surface area contributed by atoms with Gasteiger partial charge in [0.05, 0.1) is 12.7 Å². The molecule has 220 valence electrons. The highest BCUT2D eigenvalue weighted by Crippen LogP contribution is 2.26. The monoisotopic (exact) mass is 575 g/mol. The second-order valence-corrected chi connectivity index (χ2v) is 11.2. The fraction of sp³-hybridized carbons (Fsp3) is 0.394. The molecule has 0 saturated carbocycles. The van der Waals surface area contributed by atoms with Gasteiger partial charge in [0.15, 0.2) is 11.6 Å². The summed E-state index contributed by atoms with van der Waals surface area (Å²) in [4.78, 5) is 47.0. The van der Waals surface area contributed by atoms with Crippen LogP contribution >= 0.6 is 0 Å². The van der Waals surface area contributed by atoms with Crippen molar-refractivity contribution in [2.45, 2.75) is 38.6 Å². The van der Waals surface area contributed by atoms with Crippen molar-refractivity contribution >= 4 is 17.5 Å². The summed E-state index contributed by atoms with van der Waals surface area (Å²) in [5, 5.41) is 0. The molecular formula is C33H35F2N3O4. The number of piperidine rings is 2. The highest BCUT2D eigenvalue weighted by atomic mass is 19.1. The van der Waals surface area contributed by atoms with Gasteiger partial charge in [-0.2, -0.15) is 0 Å². The molecule has 9 heteroatoms. The number of hydrogen-bond donors (Lipinski definition) is 0. The molecule has 1 aromatic heterocycles. The number of nitrogens with zero attached hydrogens (tertiary/aromatic N) is 3. The number of aromatic nitrogens is 1. The number of halogens is 2. The van der Waals surface area contributed by atoms with Crippen LogP contribution in [0, 0.1) is 23.5 Å². The van der Waals surface area contributed by atoms with E-state index in [4.69, 9.17) is 4.74 Å². The lowest BCUT2D eigenvalue weighted by Gasteiger charge is -2.31. The van der Waals surface area contributed by atoms with Crippen molar-refractivity contribution in [2.75, 3.05) is 33.3 Å². The highest BCUT2D eigenvalue weighted by Gasteiger charge is 2.30. The quantitative estimate of drug-likeness (QED) is 0.310. The molecule has 5 rings (SSSR count). The first kappa shape index (κ1) is 29.5. The van der Waals surface area contributed by atoms with Crippen molar-refractivity contribution in [1.82, 2.24) is 14.8 Å². The smallest absolute Gasteiger partial charge is 0.272 e. The minimum atomic E-state index is -0.868. The summed E-state index contributed by atoms with van der Waals surface area (Å²) in [7, 11) is 1.66. The molecule has 0 N–H and O–H groups in total. The first-order valence-corrected chi connectivity index (χ1v) is 14.4. The molecule has 0 aliphatic carbocycles. The van der Waals surface area contributed by atoms with Gasteiger partial charge in [-0.25, -0.2) is 8.78 Å². The van der Waals surface area contributed by atoms with Gasteiger partial charge < -0.3 is 9.64 Å². The zero-order chi connectivity index (χ0) is 29.6. The van der Waals surface area contributed by atoms with Crippen LogP contribution in [0.5, 0.6) is 5.75 Å². The predicted octanol–water partition coefficient (Wildman–Crippen LogP) is 5.59. The van der Waals surface area contributed by atoms with Crippen LogP contribution < -0.4 is 4.74 Å². The third-order valence-electron chi connectivity index (χ3n) is 8.40. The van der Waals surface area contributed by atoms with Crippen molar-refractivity contribution in [3.05, 3.63) is 94.8 Å². The standard InChI is InChI=1S/C33H35F2N3O4/c1-42-27-6-2-23(3-7-27)21-37-14-10-22(11-15-37)18-31(39)25-4-9-30(36-20-25)33(41)38-16-12-24(13-17-38)32(40)28-8-5-26(34)19-29(28)35/h2-9,19-20,22,24H,10-18,21H2,1H3.